The van der Waals surface area contributed by atoms with Gasteiger partial charge in [-0.1, -0.05) is 0 Å². The summed E-state index contributed by atoms with van der Waals surface area (Å²) < 4.78 is 8.25. The van der Waals surface area contributed by atoms with Crippen molar-refractivity contribution in [3.8, 4) is 0 Å². The molecule has 1 nitrogen and oxygen atoms in total. The zero-order valence-electron chi connectivity index (χ0n) is 1.41. The molecule has 0 saturated heterocycles. The van der Waals surface area contributed by atoms with Crippen molar-refractivity contribution in [1.29, 1.82) is 0 Å². The van der Waals surface area contributed by atoms with Crippen LogP contribution in [-0.4, -0.2) is 48.9 Å². The summed E-state index contributed by atoms with van der Waals surface area (Å²) in [6, 6.07) is 0. The predicted molar refractivity (Wildman–Crippen MR) is 9.23 cm³/mol. The minimum absolute atomic E-state index is 0. The van der Waals surface area contributed by atoms with Gasteiger partial charge in [-0.2, -0.15) is 0 Å². The Morgan fingerprint density at radius 2 is 1.25 bits per heavy atom. The van der Waals surface area contributed by atoms with Gasteiger partial charge in [0.05, 0.1) is 0 Å². The third-order valence-corrected chi connectivity index (χ3v) is 0. The fourth-order valence-corrected chi connectivity index (χ4v) is 0. The van der Waals surface area contributed by atoms with Gasteiger partial charge in [-0.15, -0.1) is 0 Å². The van der Waals surface area contributed by atoms with Gasteiger partial charge in [0.1, 0.15) is 0 Å². The van der Waals surface area contributed by atoms with Gasteiger partial charge in [-0.05, 0) is 0 Å². The summed E-state index contributed by atoms with van der Waals surface area (Å²) in [5.41, 5.74) is 0. The molecule has 0 heterocycles. The van der Waals surface area contributed by atoms with Crippen LogP contribution in [0.15, 0.2) is 0 Å². The van der Waals surface area contributed by atoms with Crippen LogP contribution in [0.3, 0.4) is 0 Å². The van der Waals surface area contributed by atoms with Gasteiger partial charge in [-0.25, -0.2) is 0 Å². The monoisotopic (exact) mass is 252 g/mol. The van der Waals surface area contributed by atoms with E-state index in [1.807, 2.05) is 0 Å². The molecule has 18 valence electrons. The Labute approximate surface area is 92.0 Å². The summed E-state index contributed by atoms with van der Waals surface area (Å²) in [6.07, 6.45) is 0. The molecule has 4 heavy (non-hydrogen) atoms. The first kappa shape index (κ1) is 15.8. The summed E-state index contributed by atoms with van der Waals surface area (Å²) in [5.74, 6) is 0. The summed E-state index contributed by atoms with van der Waals surface area (Å²) in [6.45, 7) is 0. The molecule has 0 rings (SSSR count). The fraction of sp³-hybridized carbons (Fsp3) is 0. The molecular formula is H2BaOTi2. The molecule has 0 aromatic carbocycles. The first-order valence-electron chi connectivity index (χ1n) is 0.204. The van der Waals surface area contributed by atoms with E-state index >= 15 is 0 Å². The average Bonchev–Trinajstić information content (AvgIpc) is 1.00. The standard InChI is InChI=1S/Ba.O.2Ti.2H. The average molecular weight is 251 g/mol. The van der Waals surface area contributed by atoms with Gasteiger partial charge in [-0.3, -0.25) is 0 Å². The smallest absolute Gasteiger partial charge is 0 e. The van der Waals surface area contributed by atoms with Crippen LogP contribution < -0.4 is 0 Å². The van der Waals surface area contributed by atoms with Crippen LogP contribution in [0.4, 0.5) is 0 Å². The molecular weight excluding hydrogens is 249 g/mol. The van der Waals surface area contributed by atoms with Crippen LogP contribution in [-0.2, 0) is 45.4 Å². The quantitative estimate of drug-likeness (QED) is 0.503. The van der Waals surface area contributed by atoms with E-state index in [1.165, 1.54) is 0 Å². The molecule has 0 aliphatic carbocycles. The van der Waals surface area contributed by atoms with Crippen molar-refractivity contribution in [2.24, 2.45) is 0 Å². The van der Waals surface area contributed by atoms with Crippen LogP contribution in [0.2, 0.25) is 0 Å². The van der Waals surface area contributed by atoms with Gasteiger partial charge in [0.2, 0.25) is 0 Å². The van der Waals surface area contributed by atoms with Crippen molar-refractivity contribution >= 4 is 48.9 Å². The molecule has 0 spiro atoms. The Hall–Kier alpha value is 2.80. The van der Waals surface area contributed by atoms with E-state index in [-0.39, 0.29) is 70.6 Å². The summed E-state index contributed by atoms with van der Waals surface area (Å²) in [7, 11) is 0. The Balaban J connectivity index is -0.00000000500. The van der Waals surface area contributed by atoms with Crippen molar-refractivity contribution in [2.75, 3.05) is 0 Å². The Morgan fingerprint density at radius 3 is 1.25 bits per heavy atom. The first-order valence-corrected chi connectivity index (χ1v) is 0.842. The SMILES string of the molecule is [BaH2].[O]=[Ti].[Ti]. The van der Waals surface area contributed by atoms with Crippen LogP contribution in [0.1, 0.15) is 0 Å². The van der Waals surface area contributed by atoms with Gasteiger partial charge < -0.3 is 0 Å². The second-order valence-corrected chi connectivity index (χ2v) is 0. The Kier molecular flexibility index (Phi) is 67.5. The van der Waals surface area contributed by atoms with E-state index in [0.29, 0.717) is 0 Å². The molecule has 0 radical (unpaired) electrons. The van der Waals surface area contributed by atoms with Gasteiger partial charge >= 0.3 is 72.6 Å². The molecule has 0 aromatic heterocycles. The first-order chi connectivity index (χ1) is 1.00. The fourth-order valence-electron chi connectivity index (χ4n) is 0. The molecule has 0 aromatic rings. The zero-order chi connectivity index (χ0) is 2.00. The van der Waals surface area contributed by atoms with Crippen LogP contribution >= 0.6 is 0 Å². The van der Waals surface area contributed by atoms with E-state index in [9.17, 15) is 0 Å². The number of rotatable bonds is 0. The molecule has 0 bridgehead atoms. The maximum Gasteiger partial charge on any atom is 0 e. The molecule has 0 aliphatic rings. The van der Waals surface area contributed by atoms with Crippen LogP contribution in [0.5, 0.6) is 0 Å². The van der Waals surface area contributed by atoms with Gasteiger partial charge in [0, 0.05) is 21.7 Å². The molecule has 0 N–H and O–H groups in total. The molecule has 0 saturated carbocycles. The third kappa shape index (κ3) is 8.84. The van der Waals surface area contributed by atoms with Gasteiger partial charge in [0.15, 0.2) is 0 Å². The van der Waals surface area contributed by atoms with Crippen molar-refractivity contribution in [3.63, 3.8) is 0 Å². The second kappa shape index (κ2) is 17.0. The van der Waals surface area contributed by atoms with Gasteiger partial charge in [0.25, 0.3) is 0 Å². The van der Waals surface area contributed by atoms with Crippen molar-refractivity contribution in [2.45, 2.75) is 0 Å². The normalized spacial score (nSPS) is 0.750. The second-order valence-electron chi connectivity index (χ2n) is 0. The topological polar surface area (TPSA) is 17.1 Å². The van der Waals surface area contributed by atoms with Crippen molar-refractivity contribution in [1.82, 2.24) is 0 Å². The van der Waals surface area contributed by atoms with Crippen molar-refractivity contribution in [3.05, 3.63) is 0 Å². The minimum Gasteiger partial charge on any atom is 0 e. The molecule has 0 amide bonds. The van der Waals surface area contributed by atoms with E-state index < -0.39 is 0 Å². The van der Waals surface area contributed by atoms with Crippen LogP contribution in [0, 0.1) is 0 Å². The van der Waals surface area contributed by atoms with E-state index in [0.717, 1.165) is 20.4 Å². The molecule has 0 atom stereocenters. The Morgan fingerprint density at radius 1 is 1.25 bits per heavy atom. The molecule has 0 unspecified atom stereocenters. The number of hydrogen-bond donors (Lipinski definition) is 0. The maximum atomic E-state index is 8.25. The van der Waals surface area contributed by atoms with Crippen molar-refractivity contribution < 1.29 is 45.4 Å². The largest absolute Gasteiger partial charge is 0 e. The van der Waals surface area contributed by atoms with Crippen LogP contribution in [0.25, 0.3) is 0 Å². The van der Waals surface area contributed by atoms with E-state index in [4.69, 9.17) is 3.32 Å². The summed E-state index contributed by atoms with van der Waals surface area (Å²) in [5, 5.41) is 0. The molecule has 0 aliphatic heterocycles. The van der Waals surface area contributed by atoms with E-state index in [1.54, 1.807) is 0 Å². The zero-order valence-corrected chi connectivity index (χ0v) is 4.53. The molecule has 4 heteroatoms. The molecule has 0 fully saturated rings. The number of hydrogen-bond acceptors (Lipinski definition) is 1. The Bertz CT molecular complexity index is 6.00. The summed E-state index contributed by atoms with van der Waals surface area (Å²) >= 11 is 0.750. The van der Waals surface area contributed by atoms with E-state index in [2.05, 4.69) is 0 Å². The third-order valence-electron chi connectivity index (χ3n) is 0. The minimum atomic E-state index is 0. The maximum absolute atomic E-state index is 8.25. The summed E-state index contributed by atoms with van der Waals surface area (Å²) in [4.78, 5) is 0. The predicted octanol–water partition coefficient (Wildman–Crippen LogP) is -1.04.